The van der Waals surface area contributed by atoms with E-state index in [-0.39, 0.29) is 5.75 Å². The summed E-state index contributed by atoms with van der Waals surface area (Å²) in [6.45, 7) is 0. The zero-order chi connectivity index (χ0) is 19.3. The summed E-state index contributed by atoms with van der Waals surface area (Å²) in [6.07, 6.45) is -6.73. The molecule has 1 aliphatic rings. The topological polar surface area (TPSA) is 187 Å². The number of hydrogen-bond acceptors (Lipinski definition) is 10. The SMILES string of the molecule is NC(=O)[C@H]1O[C@@H](NC(=O)SN/N=C/c2ccc(O)cc2)[C@H](O)[C@@H](O)[C@@H]1O. The van der Waals surface area contributed by atoms with Crippen molar-refractivity contribution in [2.45, 2.75) is 30.6 Å². The Kier molecular flexibility index (Phi) is 6.76. The number of hydrogen-bond donors (Lipinski definition) is 7. The largest absolute Gasteiger partial charge is 0.508 e. The Morgan fingerprint density at radius 2 is 1.81 bits per heavy atom. The molecule has 1 fully saturated rings. The van der Waals surface area contributed by atoms with E-state index in [0.29, 0.717) is 17.5 Å². The Hall–Kier alpha value is -2.38. The summed E-state index contributed by atoms with van der Waals surface area (Å²) in [5.41, 5.74) is 5.71. The zero-order valence-corrected chi connectivity index (χ0v) is 14.0. The number of aliphatic hydroxyl groups is 3. The van der Waals surface area contributed by atoms with Crippen LogP contribution in [0.25, 0.3) is 0 Å². The third kappa shape index (κ3) is 5.06. The Bertz CT molecular complexity index is 672. The van der Waals surface area contributed by atoms with Gasteiger partial charge in [-0.2, -0.15) is 5.10 Å². The van der Waals surface area contributed by atoms with Gasteiger partial charge in [0, 0.05) is 0 Å². The fraction of sp³-hybridized carbons (Fsp3) is 0.357. The molecule has 0 aliphatic carbocycles. The van der Waals surface area contributed by atoms with E-state index in [1.807, 2.05) is 0 Å². The first kappa shape index (κ1) is 19.9. The fourth-order valence-electron chi connectivity index (χ4n) is 2.11. The van der Waals surface area contributed by atoms with Crippen molar-refractivity contribution in [2.24, 2.45) is 10.8 Å². The molecule has 2 amide bonds. The summed E-state index contributed by atoms with van der Waals surface area (Å²) in [4.78, 5) is 25.4. The average molecular weight is 386 g/mol. The third-order valence-electron chi connectivity index (χ3n) is 3.45. The monoisotopic (exact) mass is 386 g/mol. The summed E-state index contributed by atoms with van der Waals surface area (Å²) in [5, 5.41) is 43.6. The van der Waals surface area contributed by atoms with Gasteiger partial charge in [0.25, 0.3) is 0 Å². The van der Waals surface area contributed by atoms with Crippen LogP contribution < -0.4 is 15.9 Å². The van der Waals surface area contributed by atoms with Gasteiger partial charge < -0.3 is 36.2 Å². The molecule has 1 aliphatic heterocycles. The van der Waals surface area contributed by atoms with Crippen LogP contribution in [0.2, 0.25) is 0 Å². The van der Waals surface area contributed by atoms with Gasteiger partial charge in [0.15, 0.2) is 12.3 Å². The van der Waals surface area contributed by atoms with Crippen molar-refractivity contribution in [3.8, 4) is 5.75 Å². The Morgan fingerprint density at radius 3 is 2.42 bits per heavy atom. The molecule has 1 heterocycles. The number of amides is 2. The molecule has 142 valence electrons. The highest BCUT2D eigenvalue weighted by molar-refractivity contribution is 8.11. The van der Waals surface area contributed by atoms with Crippen LogP contribution >= 0.6 is 11.9 Å². The minimum Gasteiger partial charge on any atom is -0.508 e. The maximum absolute atomic E-state index is 11.8. The molecule has 0 unspecified atom stereocenters. The number of nitrogens with two attached hydrogens (primary N) is 1. The van der Waals surface area contributed by atoms with Crippen molar-refractivity contribution < 1.29 is 34.8 Å². The van der Waals surface area contributed by atoms with Gasteiger partial charge in [-0.15, -0.1) is 0 Å². The lowest BCUT2D eigenvalue weighted by Crippen LogP contribution is -2.64. The van der Waals surface area contributed by atoms with E-state index in [1.165, 1.54) is 18.3 Å². The van der Waals surface area contributed by atoms with Crippen LogP contribution in [0.5, 0.6) is 5.75 Å². The first-order chi connectivity index (χ1) is 12.3. The van der Waals surface area contributed by atoms with Gasteiger partial charge in [-0.05, 0) is 29.8 Å². The first-order valence-corrected chi connectivity index (χ1v) is 8.14. The number of carbonyl (C=O) groups excluding carboxylic acids is 2. The van der Waals surface area contributed by atoms with Gasteiger partial charge in [-0.1, -0.05) is 0 Å². The summed E-state index contributed by atoms with van der Waals surface area (Å²) in [5.74, 6) is -0.941. The fourth-order valence-corrected chi connectivity index (χ4v) is 2.47. The molecule has 26 heavy (non-hydrogen) atoms. The van der Waals surface area contributed by atoms with Gasteiger partial charge in [0.1, 0.15) is 24.1 Å². The maximum Gasteiger partial charge on any atom is 0.303 e. The second-order valence-electron chi connectivity index (χ2n) is 5.33. The Balaban J connectivity index is 1.84. The van der Waals surface area contributed by atoms with Crippen molar-refractivity contribution in [3.63, 3.8) is 0 Å². The van der Waals surface area contributed by atoms with Gasteiger partial charge >= 0.3 is 5.24 Å². The van der Waals surface area contributed by atoms with Crippen molar-refractivity contribution in [2.75, 3.05) is 0 Å². The number of phenols is 1. The molecule has 0 aromatic heterocycles. The normalized spacial score (nSPS) is 28.7. The molecule has 1 aromatic rings. The van der Waals surface area contributed by atoms with E-state index >= 15 is 0 Å². The predicted octanol–water partition coefficient (Wildman–Crippen LogP) is -2.03. The number of hydrazone groups is 1. The summed E-state index contributed by atoms with van der Waals surface area (Å²) >= 11 is 0.507. The van der Waals surface area contributed by atoms with Crippen LogP contribution in [0.4, 0.5) is 4.79 Å². The van der Waals surface area contributed by atoms with E-state index < -0.39 is 41.8 Å². The molecular weight excluding hydrogens is 368 g/mol. The number of rotatable bonds is 5. The number of primary amides is 1. The molecule has 0 radical (unpaired) electrons. The smallest absolute Gasteiger partial charge is 0.303 e. The third-order valence-corrected chi connectivity index (χ3v) is 3.95. The van der Waals surface area contributed by atoms with Crippen molar-refractivity contribution in [1.29, 1.82) is 0 Å². The molecule has 11 nitrogen and oxygen atoms in total. The molecule has 8 N–H and O–H groups in total. The van der Waals surface area contributed by atoms with Crippen LogP contribution in [0.15, 0.2) is 29.4 Å². The van der Waals surface area contributed by atoms with Crippen LogP contribution in [0.1, 0.15) is 5.56 Å². The molecule has 0 saturated carbocycles. The number of nitrogens with zero attached hydrogens (tertiary/aromatic N) is 1. The van der Waals surface area contributed by atoms with Crippen LogP contribution in [-0.2, 0) is 9.53 Å². The lowest BCUT2D eigenvalue weighted by atomic mass is 9.98. The molecule has 1 saturated heterocycles. The van der Waals surface area contributed by atoms with E-state index in [4.69, 9.17) is 15.6 Å². The highest BCUT2D eigenvalue weighted by Crippen LogP contribution is 2.20. The van der Waals surface area contributed by atoms with Crippen LogP contribution in [-0.4, -0.2) is 68.4 Å². The molecule has 2 rings (SSSR count). The van der Waals surface area contributed by atoms with Gasteiger partial charge in [-0.3, -0.25) is 9.59 Å². The van der Waals surface area contributed by atoms with Gasteiger partial charge in [0.05, 0.1) is 18.2 Å². The van der Waals surface area contributed by atoms with E-state index in [1.54, 1.807) is 12.1 Å². The quantitative estimate of drug-likeness (QED) is 0.170. The summed E-state index contributed by atoms with van der Waals surface area (Å²) in [6, 6.07) is 6.15. The molecule has 12 heteroatoms. The van der Waals surface area contributed by atoms with Gasteiger partial charge in [0.2, 0.25) is 5.91 Å². The lowest BCUT2D eigenvalue weighted by molar-refractivity contribution is -0.222. The highest BCUT2D eigenvalue weighted by Gasteiger charge is 2.46. The molecular formula is C14H18N4O7S. The molecule has 0 bridgehead atoms. The highest BCUT2D eigenvalue weighted by atomic mass is 32.2. The minimum atomic E-state index is -1.72. The lowest BCUT2D eigenvalue weighted by Gasteiger charge is -2.39. The van der Waals surface area contributed by atoms with E-state index in [2.05, 4.69) is 15.2 Å². The minimum absolute atomic E-state index is 0.108. The second kappa shape index (κ2) is 8.82. The first-order valence-electron chi connectivity index (χ1n) is 7.33. The Labute approximate surface area is 152 Å². The number of ether oxygens (including phenoxy) is 1. The van der Waals surface area contributed by atoms with Crippen molar-refractivity contribution >= 4 is 29.3 Å². The summed E-state index contributed by atoms with van der Waals surface area (Å²) in [7, 11) is 0. The van der Waals surface area contributed by atoms with E-state index in [9.17, 15) is 24.9 Å². The molecule has 5 atom stereocenters. The average Bonchev–Trinajstić information content (AvgIpc) is 2.60. The standard InChI is InChI=1S/C14H18N4O7S/c15-12(23)11-9(21)8(20)10(22)13(25-11)17-14(24)26-18-16-5-6-1-3-7(19)4-2-6/h1-5,8-11,13,18-22H,(H2,15,23)(H,17,24)/b16-5+/t8-,9-,10+,11-,13+/m0/s1. The number of carbonyl (C=O) groups is 2. The number of benzene rings is 1. The Morgan fingerprint density at radius 1 is 1.15 bits per heavy atom. The number of aliphatic hydroxyl groups excluding tert-OH is 3. The second-order valence-corrected chi connectivity index (χ2v) is 6.08. The van der Waals surface area contributed by atoms with Crippen molar-refractivity contribution in [3.05, 3.63) is 29.8 Å². The zero-order valence-electron chi connectivity index (χ0n) is 13.2. The number of nitrogens with one attached hydrogen (secondary N) is 2. The molecule has 0 spiro atoms. The molecule has 1 aromatic carbocycles. The van der Waals surface area contributed by atoms with Crippen molar-refractivity contribution in [1.82, 2.24) is 10.1 Å². The predicted molar refractivity (Wildman–Crippen MR) is 90.8 cm³/mol. The van der Waals surface area contributed by atoms with Crippen LogP contribution in [0.3, 0.4) is 0 Å². The number of aromatic hydroxyl groups is 1. The van der Waals surface area contributed by atoms with Crippen LogP contribution in [0, 0.1) is 0 Å². The number of phenolic OH excluding ortho intramolecular Hbond substituents is 1. The maximum atomic E-state index is 11.8. The summed E-state index contributed by atoms with van der Waals surface area (Å²) < 4.78 is 5.03. The van der Waals surface area contributed by atoms with Gasteiger partial charge in [-0.25, -0.2) is 4.83 Å². The van der Waals surface area contributed by atoms with E-state index in [0.717, 1.165) is 0 Å².